The molecule has 20 heavy (non-hydrogen) atoms. The molecule has 0 bridgehead atoms. The molecule has 3 atom stereocenters. The molecule has 3 rings (SSSR count). The van der Waals surface area contributed by atoms with Gasteiger partial charge >= 0.3 is 0 Å². The van der Waals surface area contributed by atoms with Crippen LogP contribution >= 0.6 is 11.8 Å². The van der Waals surface area contributed by atoms with Crippen LogP contribution in [0, 0.1) is 0 Å². The van der Waals surface area contributed by atoms with Crippen molar-refractivity contribution in [3.05, 3.63) is 24.2 Å². The first-order chi connectivity index (χ1) is 9.76. The van der Waals surface area contributed by atoms with Crippen LogP contribution in [0.3, 0.4) is 0 Å². The zero-order valence-electron chi connectivity index (χ0n) is 12.3. The Morgan fingerprint density at radius 1 is 1.55 bits per heavy atom. The molecule has 2 aliphatic rings. The Morgan fingerprint density at radius 3 is 3.25 bits per heavy atom. The first kappa shape index (κ1) is 14.5. The Bertz CT molecular complexity index is 401. The molecule has 3 nitrogen and oxygen atoms in total. The molecule has 2 fully saturated rings. The SMILES string of the molecule is CC(CCc1ccco1)NC1CCOC2(CCSC2)C1. The van der Waals surface area contributed by atoms with Crippen molar-refractivity contribution in [1.29, 1.82) is 0 Å². The van der Waals surface area contributed by atoms with Gasteiger partial charge in [0.05, 0.1) is 11.9 Å². The van der Waals surface area contributed by atoms with Gasteiger partial charge in [-0.3, -0.25) is 0 Å². The summed E-state index contributed by atoms with van der Waals surface area (Å²) in [5, 5.41) is 3.80. The second-order valence-corrected chi connectivity index (χ2v) is 7.31. The fraction of sp³-hybridized carbons (Fsp3) is 0.750. The standard InChI is InChI=1S/C16H25NO2S/c1-13(4-5-15-3-2-8-18-15)17-14-6-9-19-16(11-14)7-10-20-12-16/h2-3,8,13-14,17H,4-7,9-12H2,1H3. The van der Waals surface area contributed by atoms with Gasteiger partial charge < -0.3 is 14.5 Å². The lowest BCUT2D eigenvalue weighted by Gasteiger charge is -2.39. The van der Waals surface area contributed by atoms with Crippen LogP contribution in [0.15, 0.2) is 22.8 Å². The highest BCUT2D eigenvalue weighted by molar-refractivity contribution is 7.99. The molecule has 1 N–H and O–H groups in total. The van der Waals surface area contributed by atoms with E-state index in [1.807, 2.05) is 17.8 Å². The van der Waals surface area contributed by atoms with Gasteiger partial charge in [-0.2, -0.15) is 11.8 Å². The van der Waals surface area contributed by atoms with Gasteiger partial charge in [0.25, 0.3) is 0 Å². The normalized spacial score (nSPS) is 31.8. The lowest BCUT2D eigenvalue weighted by molar-refractivity contribution is -0.0712. The number of nitrogens with one attached hydrogen (secondary N) is 1. The summed E-state index contributed by atoms with van der Waals surface area (Å²) in [5.74, 6) is 3.54. The van der Waals surface area contributed by atoms with Crippen molar-refractivity contribution in [3.8, 4) is 0 Å². The van der Waals surface area contributed by atoms with Crippen molar-refractivity contribution >= 4 is 11.8 Å². The van der Waals surface area contributed by atoms with Gasteiger partial charge in [-0.05, 0) is 50.5 Å². The minimum Gasteiger partial charge on any atom is -0.469 e. The zero-order valence-corrected chi connectivity index (χ0v) is 13.1. The largest absolute Gasteiger partial charge is 0.469 e. The van der Waals surface area contributed by atoms with Crippen LogP contribution in [0.25, 0.3) is 0 Å². The third kappa shape index (κ3) is 3.60. The van der Waals surface area contributed by atoms with Crippen LogP contribution in [0.2, 0.25) is 0 Å². The number of aryl methyl sites for hydroxylation is 1. The summed E-state index contributed by atoms with van der Waals surface area (Å²) < 4.78 is 11.5. The number of furan rings is 1. The fourth-order valence-electron chi connectivity index (χ4n) is 3.33. The molecular formula is C16H25NO2S. The first-order valence-electron chi connectivity index (χ1n) is 7.76. The highest BCUT2D eigenvalue weighted by atomic mass is 32.2. The Labute approximate surface area is 125 Å². The van der Waals surface area contributed by atoms with Crippen molar-refractivity contribution < 1.29 is 9.15 Å². The maximum Gasteiger partial charge on any atom is 0.103 e. The zero-order chi connectivity index (χ0) is 13.8. The number of rotatable bonds is 5. The smallest absolute Gasteiger partial charge is 0.103 e. The second kappa shape index (κ2) is 6.54. The predicted molar refractivity (Wildman–Crippen MR) is 83.3 cm³/mol. The summed E-state index contributed by atoms with van der Waals surface area (Å²) in [6.45, 7) is 3.21. The van der Waals surface area contributed by atoms with E-state index in [1.54, 1.807) is 6.26 Å². The number of thioether (sulfide) groups is 1. The van der Waals surface area contributed by atoms with Crippen molar-refractivity contribution in [2.45, 2.75) is 56.7 Å². The van der Waals surface area contributed by atoms with Gasteiger partial charge in [0.2, 0.25) is 0 Å². The molecule has 4 heteroatoms. The van der Waals surface area contributed by atoms with Gasteiger partial charge in [-0.25, -0.2) is 0 Å². The lowest BCUT2D eigenvalue weighted by atomic mass is 9.89. The van der Waals surface area contributed by atoms with E-state index < -0.39 is 0 Å². The van der Waals surface area contributed by atoms with E-state index in [2.05, 4.69) is 18.3 Å². The summed E-state index contributed by atoms with van der Waals surface area (Å²) >= 11 is 2.04. The van der Waals surface area contributed by atoms with E-state index in [4.69, 9.17) is 9.15 Å². The molecule has 2 aliphatic heterocycles. The van der Waals surface area contributed by atoms with E-state index in [-0.39, 0.29) is 5.60 Å². The van der Waals surface area contributed by atoms with Gasteiger partial charge in [0.1, 0.15) is 5.76 Å². The van der Waals surface area contributed by atoms with Gasteiger partial charge in [0.15, 0.2) is 0 Å². The average molecular weight is 295 g/mol. The lowest BCUT2D eigenvalue weighted by Crippen LogP contribution is -2.49. The molecule has 0 aliphatic carbocycles. The summed E-state index contributed by atoms with van der Waals surface area (Å²) in [6, 6.07) is 5.18. The summed E-state index contributed by atoms with van der Waals surface area (Å²) in [7, 11) is 0. The molecule has 3 heterocycles. The quantitative estimate of drug-likeness (QED) is 0.904. The van der Waals surface area contributed by atoms with E-state index in [9.17, 15) is 0 Å². The fourth-order valence-corrected chi connectivity index (χ4v) is 4.71. The molecular weight excluding hydrogens is 270 g/mol. The highest BCUT2D eigenvalue weighted by Gasteiger charge is 2.40. The maximum absolute atomic E-state index is 6.08. The third-order valence-corrected chi connectivity index (χ3v) is 5.71. The van der Waals surface area contributed by atoms with Crippen LogP contribution < -0.4 is 5.32 Å². The molecule has 1 aromatic rings. The summed E-state index contributed by atoms with van der Waals surface area (Å²) in [4.78, 5) is 0. The maximum atomic E-state index is 6.08. The molecule has 1 spiro atoms. The number of ether oxygens (including phenoxy) is 1. The number of hydrogen-bond donors (Lipinski definition) is 1. The Kier molecular flexibility index (Phi) is 4.74. The molecule has 3 unspecified atom stereocenters. The molecule has 0 saturated carbocycles. The van der Waals surface area contributed by atoms with Crippen LogP contribution in [0.4, 0.5) is 0 Å². The Hall–Kier alpha value is -0.450. The van der Waals surface area contributed by atoms with Crippen LogP contribution in [-0.2, 0) is 11.2 Å². The van der Waals surface area contributed by atoms with Crippen molar-refractivity contribution in [2.24, 2.45) is 0 Å². The van der Waals surface area contributed by atoms with Gasteiger partial charge in [-0.1, -0.05) is 0 Å². The minimum atomic E-state index is 0.182. The van der Waals surface area contributed by atoms with Crippen LogP contribution in [-0.4, -0.2) is 35.8 Å². The summed E-state index contributed by atoms with van der Waals surface area (Å²) in [5.41, 5.74) is 0.182. The van der Waals surface area contributed by atoms with Crippen molar-refractivity contribution in [2.75, 3.05) is 18.1 Å². The monoisotopic (exact) mass is 295 g/mol. The minimum absolute atomic E-state index is 0.182. The van der Waals surface area contributed by atoms with E-state index in [1.165, 1.54) is 24.3 Å². The van der Waals surface area contributed by atoms with Crippen molar-refractivity contribution in [3.63, 3.8) is 0 Å². The molecule has 112 valence electrons. The van der Waals surface area contributed by atoms with Crippen LogP contribution in [0.1, 0.15) is 38.4 Å². The molecule has 2 saturated heterocycles. The number of hydrogen-bond acceptors (Lipinski definition) is 4. The van der Waals surface area contributed by atoms with E-state index in [0.29, 0.717) is 12.1 Å². The predicted octanol–water partition coefficient (Wildman–Crippen LogP) is 3.25. The van der Waals surface area contributed by atoms with Crippen molar-refractivity contribution in [1.82, 2.24) is 5.32 Å². The van der Waals surface area contributed by atoms with Gasteiger partial charge in [-0.15, -0.1) is 0 Å². The third-order valence-electron chi connectivity index (χ3n) is 4.48. The molecule has 0 aromatic carbocycles. The van der Waals surface area contributed by atoms with Crippen LogP contribution in [0.5, 0.6) is 0 Å². The molecule has 1 aromatic heterocycles. The van der Waals surface area contributed by atoms with Gasteiger partial charge in [0, 0.05) is 30.9 Å². The first-order valence-corrected chi connectivity index (χ1v) is 8.91. The average Bonchev–Trinajstić information content (AvgIpc) is 3.09. The van der Waals surface area contributed by atoms with E-state index >= 15 is 0 Å². The molecule has 0 amide bonds. The van der Waals surface area contributed by atoms with E-state index in [0.717, 1.165) is 31.6 Å². The Balaban J connectivity index is 1.44. The second-order valence-electron chi connectivity index (χ2n) is 6.21. The molecule has 0 radical (unpaired) electrons. The summed E-state index contributed by atoms with van der Waals surface area (Å²) in [6.07, 6.45) is 7.48. The topological polar surface area (TPSA) is 34.4 Å². The highest BCUT2D eigenvalue weighted by Crippen LogP contribution is 2.38. The Morgan fingerprint density at radius 2 is 2.50 bits per heavy atom.